The number of nitrogens with zero attached hydrogens (tertiary/aromatic N) is 2. The Labute approximate surface area is 94.3 Å². The Bertz CT molecular complexity index is 375. The molecule has 0 spiro atoms. The van der Waals surface area contributed by atoms with Gasteiger partial charge >= 0.3 is 0 Å². The normalized spacial score (nSPS) is 11.3. The van der Waals surface area contributed by atoms with Crippen molar-refractivity contribution in [3.05, 3.63) is 29.8 Å². The van der Waals surface area contributed by atoms with E-state index in [0.29, 0.717) is 6.54 Å². The number of rotatable bonds is 3. The first kappa shape index (κ1) is 12.6. The molecule has 16 heavy (non-hydrogen) atoms. The first-order valence-electron chi connectivity index (χ1n) is 4.98. The number of hydrogen-bond acceptors (Lipinski definition) is 3. The summed E-state index contributed by atoms with van der Waals surface area (Å²) in [4.78, 5) is 17.2. The van der Waals surface area contributed by atoms with Crippen molar-refractivity contribution >= 4 is 5.91 Å². The molecule has 0 atom stereocenters. The smallest absolute Gasteiger partial charge is 0.272 e. The highest BCUT2D eigenvalue weighted by atomic mass is 19.1. The summed E-state index contributed by atoms with van der Waals surface area (Å²) < 4.78 is 12.6. The van der Waals surface area contributed by atoms with Crippen LogP contribution in [0.4, 0.5) is 4.39 Å². The number of amides is 1. The van der Waals surface area contributed by atoms with Gasteiger partial charge in [-0.25, -0.2) is 9.37 Å². The van der Waals surface area contributed by atoms with E-state index < -0.39 is 11.4 Å². The molecule has 0 saturated heterocycles. The van der Waals surface area contributed by atoms with Crippen LogP contribution in [0.5, 0.6) is 0 Å². The number of nitrogens with two attached hydrogens (primary N) is 1. The number of pyridine rings is 1. The highest BCUT2D eigenvalue weighted by Gasteiger charge is 2.27. The second-order valence-corrected chi connectivity index (χ2v) is 4.24. The molecule has 1 aromatic heterocycles. The van der Waals surface area contributed by atoms with Crippen molar-refractivity contribution in [3.8, 4) is 0 Å². The highest BCUT2D eigenvalue weighted by Crippen LogP contribution is 2.13. The van der Waals surface area contributed by atoms with E-state index in [-0.39, 0.29) is 11.6 Å². The minimum absolute atomic E-state index is 0.213. The van der Waals surface area contributed by atoms with Gasteiger partial charge in [-0.3, -0.25) is 4.79 Å². The molecule has 1 amide bonds. The van der Waals surface area contributed by atoms with Gasteiger partial charge in [0.2, 0.25) is 0 Å². The van der Waals surface area contributed by atoms with E-state index >= 15 is 0 Å². The number of likely N-dealkylation sites (N-methyl/N-ethyl adjacent to an activating group) is 1. The van der Waals surface area contributed by atoms with E-state index in [1.807, 2.05) is 13.8 Å². The first-order valence-corrected chi connectivity index (χ1v) is 4.98. The molecule has 0 fully saturated rings. The third kappa shape index (κ3) is 2.55. The van der Waals surface area contributed by atoms with Crippen molar-refractivity contribution in [2.45, 2.75) is 19.4 Å². The lowest BCUT2D eigenvalue weighted by molar-refractivity contribution is 0.0634. The monoisotopic (exact) mass is 225 g/mol. The maximum atomic E-state index is 12.6. The minimum atomic E-state index is -0.461. The zero-order chi connectivity index (χ0) is 12.3. The Morgan fingerprint density at radius 1 is 1.56 bits per heavy atom. The molecule has 5 heteroatoms. The zero-order valence-corrected chi connectivity index (χ0v) is 9.70. The second-order valence-electron chi connectivity index (χ2n) is 4.24. The van der Waals surface area contributed by atoms with Gasteiger partial charge in [0.05, 0.1) is 6.20 Å². The largest absolute Gasteiger partial charge is 0.334 e. The lowest BCUT2D eigenvalue weighted by Crippen LogP contribution is -2.50. The van der Waals surface area contributed by atoms with Crippen LogP contribution in [0.2, 0.25) is 0 Å². The summed E-state index contributed by atoms with van der Waals surface area (Å²) in [6, 6.07) is 2.57. The number of hydrogen-bond donors (Lipinski definition) is 1. The van der Waals surface area contributed by atoms with Crippen LogP contribution in [0.15, 0.2) is 18.3 Å². The van der Waals surface area contributed by atoms with Crippen molar-refractivity contribution in [1.29, 1.82) is 0 Å². The molecule has 0 aliphatic carbocycles. The van der Waals surface area contributed by atoms with Gasteiger partial charge in [0.15, 0.2) is 0 Å². The van der Waals surface area contributed by atoms with Gasteiger partial charge in [0.25, 0.3) is 5.91 Å². The third-order valence-electron chi connectivity index (χ3n) is 2.66. The number of aromatic nitrogens is 1. The quantitative estimate of drug-likeness (QED) is 0.835. The van der Waals surface area contributed by atoms with Gasteiger partial charge in [0.1, 0.15) is 11.5 Å². The summed E-state index contributed by atoms with van der Waals surface area (Å²) in [6.45, 7) is 4.05. The predicted molar refractivity (Wildman–Crippen MR) is 59.4 cm³/mol. The Morgan fingerprint density at radius 2 is 2.19 bits per heavy atom. The third-order valence-corrected chi connectivity index (χ3v) is 2.66. The molecule has 4 nitrogen and oxygen atoms in total. The number of carbonyl (C=O) groups excluding carboxylic acids is 1. The Balaban J connectivity index is 2.90. The van der Waals surface area contributed by atoms with E-state index in [4.69, 9.17) is 5.73 Å². The Kier molecular flexibility index (Phi) is 3.59. The van der Waals surface area contributed by atoms with Crippen molar-refractivity contribution in [3.63, 3.8) is 0 Å². The van der Waals surface area contributed by atoms with Crippen LogP contribution in [0.25, 0.3) is 0 Å². The standard InChI is InChI=1S/C11H16FN3O/c1-11(2,7-13)15(3)10(16)9-5-4-8(12)6-14-9/h4-6H,7,13H2,1-3H3. The van der Waals surface area contributed by atoms with Crippen LogP contribution < -0.4 is 5.73 Å². The summed E-state index contributed by atoms with van der Waals surface area (Å²) in [7, 11) is 1.65. The Morgan fingerprint density at radius 3 is 2.62 bits per heavy atom. The summed E-state index contributed by atoms with van der Waals surface area (Å²) in [5.74, 6) is -0.729. The van der Waals surface area contributed by atoms with Crippen LogP contribution in [-0.2, 0) is 0 Å². The van der Waals surface area contributed by atoms with Crippen LogP contribution in [0, 0.1) is 5.82 Å². The van der Waals surface area contributed by atoms with Crippen molar-refractivity contribution in [2.24, 2.45) is 5.73 Å². The van der Waals surface area contributed by atoms with Crippen LogP contribution in [0.1, 0.15) is 24.3 Å². The minimum Gasteiger partial charge on any atom is -0.334 e. The van der Waals surface area contributed by atoms with Gasteiger partial charge in [-0.2, -0.15) is 0 Å². The molecule has 1 rings (SSSR count). The molecule has 0 radical (unpaired) electrons. The van der Waals surface area contributed by atoms with E-state index in [2.05, 4.69) is 4.98 Å². The molecule has 0 unspecified atom stereocenters. The molecule has 88 valence electrons. The fourth-order valence-electron chi connectivity index (χ4n) is 1.09. The molecular weight excluding hydrogens is 209 g/mol. The van der Waals surface area contributed by atoms with Crippen molar-refractivity contribution < 1.29 is 9.18 Å². The Hall–Kier alpha value is -1.49. The molecule has 0 bridgehead atoms. The predicted octanol–water partition coefficient (Wildman–Crippen LogP) is 1.03. The molecule has 0 aliphatic heterocycles. The summed E-state index contributed by atoms with van der Waals surface area (Å²) in [5.41, 5.74) is 5.34. The summed E-state index contributed by atoms with van der Waals surface area (Å²) in [5, 5.41) is 0. The average Bonchev–Trinajstić information content (AvgIpc) is 2.28. The molecule has 0 aliphatic rings. The average molecular weight is 225 g/mol. The van der Waals surface area contributed by atoms with Crippen LogP contribution in [0.3, 0.4) is 0 Å². The van der Waals surface area contributed by atoms with Crippen molar-refractivity contribution in [1.82, 2.24) is 9.88 Å². The maximum Gasteiger partial charge on any atom is 0.272 e. The summed E-state index contributed by atoms with van der Waals surface area (Å²) >= 11 is 0. The molecule has 2 N–H and O–H groups in total. The lowest BCUT2D eigenvalue weighted by atomic mass is 10.0. The maximum absolute atomic E-state index is 12.6. The molecule has 1 heterocycles. The van der Waals surface area contributed by atoms with E-state index in [1.165, 1.54) is 17.0 Å². The second kappa shape index (κ2) is 4.57. The SMILES string of the molecule is CN(C(=O)c1ccc(F)cn1)C(C)(C)CN. The van der Waals surface area contributed by atoms with E-state index in [1.54, 1.807) is 7.05 Å². The lowest BCUT2D eigenvalue weighted by Gasteiger charge is -2.34. The number of halogens is 1. The van der Waals surface area contributed by atoms with E-state index in [9.17, 15) is 9.18 Å². The molecule has 0 aromatic carbocycles. The molecular formula is C11H16FN3O. The molecule has 0 saturated carbocycles. The highest BCUT2D eigenvalue weighted by molar-refractivity contribution is 5.92. The van der Waals surface area contributed by atoms with E-state index in [0.717, 1.165) is 6.20 Å². The van der Waals surface area contributed by atoms with Crippen molar-refractivity contribution in [2.75, 3.05) is 13.6 Å². The van der Waals surface area contributed by atoms with Gasteiger partial charge in [-0.15, -0.1) is 0 Å². The fraction of sp³-hybridized carbons (Fsp3) is 0.455. The van der Waals surface area contributed by atoms with Gasteiger partial charge in [0, 0.05) is 19.1 Å². The number of carbonyl (C=O) groups is 1. The van der Waals surface area contributed by atoms with Gasteiger partial charge in [-0.1, -0.05) is 0 Å². The first-order chi connectivity index (χ1) is 7.38. The zero-order valence-electron chi connectivity index (χ0n) is 9.70. The summed E-state index contributed by atoms with van der Waals surface area (Å²) in [6.07, 6.45) is 1.02. The molecule has 1 aromatic rings. The fourth-order valence-corrected chi connectivity index (χ4v) is 1.09. The van der Waals surface area contributed by atoms with Gasteiger partial charge in [-0.05, 0) is 26.0 Å². The van der Waals surface area contributed by atoms with Crippen LogP contribution >= 0.6 is 0 Å². The topological polar surface area (TPSA) is 59.2 Å². The van der Waals surface area contributed by atoms with Gasteiger partial charge < -0.3 is 10.6 Å². The van der Waals surface area contributed by atoms with Crippen LogP contribution in [-0.4, -0.2) is 34.9 Å².